The van der Waals surface area contributed by atoms with Crippen LogP contribution in [-0.4, -0.2) is 27.3 Å². The number of nitrogens with one attached hydrogen (secondary N) is 1. The molecule has 3 N–H and O–H groups in total. The average molecular weight is 467 g/mol. The maximum Gasteiger partial charge on any atom is 0.416 e. The summed E-state index contributed by atoms with van der Waals surface area (Å²) in [5.74, 6) is 0.140. The van der Waals surface area contributed by atoms with Gasteiger partial charge in [-0.15, -0.1) is 0 Å². The van der Waals surface area contributed by atoms with Gasteiger partial charge in [0, 0.05) is 11.6 Å². The molecule has 0 aliphatic heterocycles. The maximum atomic E-state index is 13.3. The highest BCUT2D eigenvalue weighted by Crippen LogP contribution is 2.33. The van der Waals surface area contributed by atoms with Crippen molar-refractivity contribution in [1.29, 1.82) is 0 Å². The van der Waals surface area contributed by atoms with Gasteiger partial charge in [0.15, 0.2) is 0 Å². The minimum absolute atomic E-state index is 0.0989. The Balaban J connectivity index is 1.48. The number of carbonyl (C=O) groups excluding carboxylic acids is 1. The third-order valence-electron chi connectivity index (χ3n) is 4.97. The number of hydrogen-bond acceptors (Lipinski definition) is 5. The van der Waals surface area contributed by atoms with E-state index in [-0.39, 0.29) is 12.2 Å². The number of carbonyl (C=O) groups is 1. The number of aromatic nitrogens is 3. The fourth-order valence-corrected chi connectivity index (χ4v) is 3.28. The Bertz CT molecular complexity index is 1270. The second-order valence-electron chi connectivity index (χ2n) is 7.29. The van der Waals surface area contributed by atoms with Crippen molar-refractivity contribution in [2.24, 2.45) is 0 Å². The number of alkyl halides is 3. The van der Waals surface area contributed by atoms with Crippen LogP contribution in [0.5, 0.6) is 5.88 Å². The number of pyridine rings is 1. The molecule has 34 heavy (non-hydrogen) atoms. The van der Waals surface area contributed by atoms with Gasteiger partial charge in [0.05, 0.1) is 30.2 Å². The van der Waals surface area contributed by atoms with Crippen molar-refractivity contribution >= 4 is 17.4 Å². The average Bonchev–Trinajstić information content (AvgIpc) is 3.24. The summed E-state index contributed by atoms with van der Waals surface area (Å²) in [5, 5.41) is 6.65. The quantitative estimate of drug-likeness (QED) is 0.404. The van der Waals surface area contributed by atoms with Crippen molar-refractivity contribution in [2.45, 2.75) is 12.7 Å². The molecule has 7 nitrogen and oxygen atoms in total. The van der Waals surface area contributed by atoms with Crippen molar-refractivity contribution < 1.29 is 22.7 Å². The fraction of sp³-hybridized carbons (Fsp3) is 0.125. The molecule has 174 valence electrons. The molecule has 0 saturated carbocycles. The van der Waals surface area contributed by atoms with Crippen LogP contribution in [0.2, 0.25) is 0 Å². The molecule has 0 fully saturated rings. The molecular weight excluding hydrogens is 447 g/mol. The van der Waals surface area contributed by atoms with E-state index >= 15 is 0 Å². The molecule has 0 bridgehead atoms. The van der Waals surface area contributed by atoms with E-state index in [4.69, 9.17) is 10.5 Å². The predicted molar refractivity (Wildman–Crippen MR) is 121 cm³/mol. The summed E-state index contributed by atoms with van der Waals surface area (Å²) in [5.41, 5.74) is 6.06. The third-order valence-corrected chi connectivity index (χ3v) is 4.97. The van der Waals surface area contributed by atoms with E-state index in [1.165, 1.54) is 12.3 Å². The molecule has 0 aliphatic rings. The largest absolute Gasteiger partial charge is 0.476 e. The molecule has 2 aromatic heterocycles. The predicted octanol–water partition coefficient (Wildman–Crippen LogP) is 4.88. The van der Waals surface area contributed by atoms with E-state index in [0.717, 1.165) is 12.1 Å². The summed E-state index contributed by atoms with van der Waals surface area (Å²) < 4.78 is 47.0. The zero-order valence-electron chi connectivity index (χ0n) is 17.8. The zero-order chi connectivity index (χ0) is 24.1. The normalized spacial score (nSPS) is 11.3. The fourth-order valence-electron chi connectivity index (χ4n) is 3.28. The van der Waals surface area contributed by atoms with Crippen LogP contribution in [0, 0.1) is 0 Å². The molecule has 10 heteroatoms. The molecule has 4 rings (SSSR count). The summed E-state index contributed by atoms with van der Waals surface area (Å²) in [7, 11) is 0. The smallest absolute Gasteiger partial charge is 0.416 e. The standard InChI is InChI=1S/C24H20F3N5O2/c25-24(26,27)17-6-8-19(16-4-2-1-3-5-16)20(14-17)23(33)31-18-7-9-22(29-15-18)34-13-12-32-21(28)10-11-30-32/h1-11,14-15H,12-13,28H2,(H,31,33). The number of amides is 1. The Morgan fingerprint density at radius 2 is 1.85 bits per heavy atom. The van der Waals surface area contributed by atoms with Gasteiger partial charge in [-0.2, -0.15) is 18.3 Å². The van der Waals surface area contributed by atoms with Gasteiger partial charge in [-0.05, 0) is 35.4 Å². The van der Waals surface area contributed by atoms with E-state index in [2.05, 4.69) is 15.4 Å². The molecule has 2 aromatic carbocycles. The van der Waals surface area contributed by atoms with Crippen molar-refractivity contribution in [1.82, 2.24) is 14.8 Å². The van der Waals surface area contributed by atoms with Gasteiger partial charge < -0.3 is 15.8 Å². The highest BCUT2D eigenvalue weighted by atomic mass is 19.4. The third kappa shape index (κ3) is 5.34. The second-order valence-corrected chi connectivity index (χ2v) is 7.29. The molecule has 0 spiro atoms. The number of nitrogens with two attached hydrogens (primary N) is 1. The minimum atomic E-state index is -4.58. The number of rotatable bonds is 7. The van der Waals surface area contributed by atoms with Crippen LogP contribution >= 0.6 is 0 Å². The number of benzene rings is 2. The SMILES string of the molecule is Nc1ccnn1CCOc1ccc(NC(=O)c2cc(C(F)(F)F)ccc2-c2ccccc2)cn1. The Hall–Kier alpha value is -4.34. The highest BCUT2D eigenvalue weighted by Gasteiger charge is 2.32. The molecule has 4 aromatic rings. The molecule has 0 atom stereocenters. The van der Waals surface area contributed by atoms with E-state index in [0.29, 0.717) is 35.1 Å². The number of hydrogen-bond donors (Lipinski definition) is 2. The van der Waals surface area contributed by atoms with Crippen LogP contribution in [0.4, 0.5) is 24.7 Å². The van der Waals surface area contributed by atoms with Crippen LogP contribution in [0.1, 0.15) is 15.9 Å². The first-order valence-corrected chi connectivity index (χ1v) is 10.3. The molecule has 0 saturated heterocycles. The molecule has 1 amide bonds. The van der Waals surface area contributed by atoms with E-state index < -0.39 is 17.6 Å². The second kappa shape index (κ2) is 9.65. The molecule has 0 unspecified atom stereocenters. The molecule has 2 heterocycles. The molecule has 0 aliphatic carbocycles. The monoisotopic (exact) mass is 467 g/mol. The van der Waals surface area contributed by atoms with Crippen LogP contribution in [0.3, 0.4) is 0 Å². The van der Waals surface area contributed by atoms with Crippen LogP contribution < -0.4 is 15.8 Å². The van der Waals surface area contributed by atoms with Crippen LogP contribution in [-0.2, 0) is 12.7 Å². The van der Waals surface area contributed by atoms with Gasteiger partial charge in [0.25, 0.3) is 5.91 Å². The Kier molecular flexibility index (Phi) is 6.48. The van der Waals surface area contributed by atoms with Crippen molar-refractivity contribution in [3.05, 3.63) is 90.3 Å². The lowest BCUT2D eigenvalue weighted by Gasteiger charge is -2.14. The Morgan fingerprint density at radius 3 is 2.50 bits per heavy atom. The van der Waals surface area contributed by atoms with E-state index in [1.54, 1.807) is 59.4 Å². The number of nitrogen functional groups attached to an aromatic ring is 1. The van der Waals surface area contributed by atoms with Gasteiger partial charge in [-0.1, -0.05) is 36.4 Å². The summed E-state index contributed by atoms with van der Waals surface area (Å²) >= 11 is 0. The van der Waals surface area contributed by atoms with Gasteiger partial charge in [-0.25, -0.2) is 9.67 Å². The lowest BCUT2D eigenvalue weighted by Crippen LogP contribution is -2.16. The van der Waals surface area contributed by atoms with Crippen molar-refractivity contribution in [3.63, 3.8) is 0 Å². The first-order chi connectivity index (χ1) is 16.3. The Morgan fingerprint density at radius 1 is 1.06 bits per heavy atom. The van der Waals surface area contributed by atoms with Gasteiger partial charge in [0.2, 0.25) is 5.88 Å². The summed E-state index contributed by atoms with van der Waals surface area (Å²) in [6.45, 7) is 0.700. The van der Waals surface area contributed by atoms with Crippen LogP contribution in [0.25, 0.3) is 11.1 Å². The number of halogens is 3. The van der Waals surface area contributed by atoms with Crippen LogP contribution in [0.15, 0.2) is 79.1 Å². The summed E-state index contributed by atoms with van der Waals surface area (Å²) in [6, 6.07) is 16.6. The van der Waals surface area contributed by atoms with Gasteiger partial charge in [0.1, 0.15) is 12.4 Å². The van der Waals surface area contributed by atoms with Gasteiger partial charge >= 0.3 is 6.18 Å². The minimum Gasteiger partial charge on any atom is -0.476 e. The first-order valence-electron chi connectivity index (χ1n) is 10.3. The summed E-state index contributed by atoms with van der Waals surface area (Å²) in [6.07, 6.45) is -1.63. The lowest BCUT2D eigenvalue weighted by atomic mass is 9.96. The van der Waals surface area contributed by atoms with Crippen molar-refractivity contribution in [3.8, 4) is 17.0 Å². The molecular formula is C24H20F3N5O2. The topological polar surface area (TPSA) is 95.1 Å². The lowest BCUT2D eigenvalue weighted by molar-refractivity contribution is -0.137. The number of anilines is 2. The zero-order valence-corrected chi connectivity index (χ0v) is 17.8. The number of ether oxygens (including phenoxy) is 1. The van der Waals surface area contributed by atoms with E-state index in [9.17, 15) is 18.0 Å². The first kappa shape index (κ1) is 22.8. The highest BCUT2D eigenvalue weighted by molar-refractivity contribution is 6.08. The molecule has 0 radical (unpaired) electrons. The Labute approximate surface area is 193 Å². The maximum absolute atomic E-state index is 13.3. The van der Waals surface area contributed by atoms with Gasteiger partial charge in [-0.3, -0.25) is 4.79 Å². The van der Waals surface area contributed by atoms with E-state index in [1.807, 2.05) is 0 Å². The van der Waals surface area contributed by atoms with Crippen molar-refractivity contribution in [2.75, 3.05) is 17.7 Å². The number of nitrogens with zero attached hydrogens (tertiary/aromatic N) is 3. The summed E-state index contributed by atoms with van der Waals surface area (Å²) in [4.78, 5) is 17.1.